The van der Waals surface area contributed by atoms with Gasteiger partial charge in [-0.25, -0.2) is 0 Å². The Hall–Kier alpha value is -1.11. The number of nitrogens with zero attached hydrogens (tertiary/aromatic N) is 1. The van der Waals surface area contributed by atoms with Crippen molar-refractivity contribution in [3.05, 3.63) is 34.7 Å². The topological polar surface area (TPSA) is 3.88 Å². The van der Waals surface area contributed by atoms with Crippen molar-refractivity contribution in [2.24, 2.45) is 5.92 Å². The lowest BCUT2D eigenvalue weighted by molar-refractivity contribution is -0.718. The van der Waals surface area contributed by atoms with Gasteiger partial charge >= 0.3 is 0 Å². The van der Waals surface area contributed by atoms with Crippen molar-refractivity contribution >= 4 is 5.57 Å². The minimum atomic E-state index is 0.802. The lowest BCUT2D eigenvalue weighted by atomic mass is 9.93. The Labute approximate surface area is 124 Å². The molecule has 0 bridgehead atoms. The maximum atomic E-state index is 2.61. The number of unbranched alkanes of at least 4 members (excludes halogenated alkanes) is 2. The lowest BCUT2D eigenvalue weighted by Crippen LogP contribution is -2.49. The summed E-state index contributed by atoms with van der Waals surface area (Å²) in [7, 11) is 0. The third-order valence-corrected chi connectivity index (χ3v) is 4.61. The summed E-state index contributed by atoms with van der Waals surface area (Å²) in [5.41, 5.74) is 7.41. The highest BCUT2D eigenvalue weighted by Crippen LogP contribution is 2.24. The molecule has 0 aliphatic carbocycles. The maximum Gasteiger partial charge on any atom is 0.210 e. The standard InChI is InChI=1S/C19H30N/c1-6-7-8-9-15(3)19-17(5)12-16(4)18-11-10-14(2)13-20(18)19/h9,12,14H,6-8,10-11,13H2,1-5H3/q+1/b15-9+. The van der Waals surface area contributed by atoms with Crippen LogP contribution in [0.2, 0.25) is 0 Å². The third-order valence-electron chi connectivity index (χ3n) is 4.61. The summed E-state index contributed by atoms with van der Waals surface area (Å²) in [6.45, 7) is 12.7. The SMILES string of the molecule is CCCC/C=C(\C)c1c(C)cc(C)c2[n+]1CC(C)CC2. The molecule has 0 amide bonds. The zero-order valence-corrected chi connectivity index (χ0v) is 13.9. The van der Waals surface area contributed by atoms with E-state index in [1.807, 2.05) is 0 Å². The van der Waals surface area contributed by atoms with E-state index >= 15 is 0 Å². The number of allylic oxidation sites excluding steroid dienone is 2. The minimum Gasteiger partial charge on any atom is -0.195 e. The highest BCUT2D eigenvalue weighted by atomic mass is 15.0. The van der Waals surface area contributed by atoms with E-state index in [2.05, 4.69) is 51.3 Å². The molecule has 0 fully saturated rings. The monoisotopic (exact) mass is 272 g/mol. The Balaban J connectivity index is 2.44. The van der Waals surface area contributed by atoms with Gasteiger partial charge in [0.1, 0.15) is 0 Å². The maximum absolute atomic E-state index is 2.61. The van der Waals surface area contributed by atoms with Crippen LogP contribution >= 0.6 is 0 Å². The Kier molecular flexibility index (Phi) is 5.01. The first-order valence-electron chi connectivity index (χ1n) is 8.24. The quantitative estimate of drug-likeness (QED) is 0.549. The molecular weight excluding hydrogens is 242 g/mol. The first-order valence-corrected chi connectivity index (χ1v) is 8.24. The molecule has 0 saturated heterocycles. The molecule has 1 heteroatoms. The molecule has 110 valence electrons. The summed E-state index contributed by atoms with van der Waals surface area (Å²) in [4.78, 5) is 0. The van der Waals surface area contributed by atoms with E-state index in [0.29, 0.717) is 0 Å². The second kappa shape index (κ2) is 6.56. The first-order chi connectivity index (χ1) is 9.54. The molecule has 1 nitrogen and oxygen atoms in total. The molecule has 1 unspecified atom stereocenters. The molecular formula is C19H30N+. The zero-order chi connectivity index (χ0) is 14.7. The van der Waals surface area contributed by atoms with E-state index in [1.54, 1.807) is 5.69 Å². The van der Waals surface area contributed by atoms with Crippen molar-refractivity contribution < 1.29 is 4.57 Å². The molecule has 0 spiro atoms. The van der Waals surface area contributed by atoms with Gasteiger partial charge in [0.15, 0.2) is 12.2 Å². The number of hydrogen-bond donors (Lipinski definition) is 0. The minimum absolute atomic E-state index is 0.802. The van der Waals surface area contributed by atoms with Gasteiger partial charge in [0.05, 0.1) is 0 Å². The van der Waals surface area contributed by atoms with E-state index in [9.17, 15) is 0 Å². The van der Waals surface area contributed by atoms with Crippen molar-refractivity contribution in [3.63, 3.8) is 0 Å². The summed E-state index contributed by atoms with van der Waals surface area (Å²) in [5, 5.41) is 0. The lowest BCUT2D eigenvalue weighted by Gasteiger charge is -2.21. The van der Waals surface area contributed by atoms with Gasteiger partial charge in [0, 0.05) is 29.0 Å². The van der Waals surface area contributed by atoms with Crippen LogP contribution in [0.4, 0.5) is 0 Å². The summed E-state index contributed by atoms with van der Waals surface area (Å²) >= 11 is 0. The van der Waals surface area contributed by atoms with Crippen molar-refractivity contribution in [1.82, 2.24) is 0 Å². The van der Waals surface area contributed by atoms with Crippen molar-refractivity contribution in [1.29, 1.82) is 0 Å². The smallest absolute Gasteiger partial charge is 0.195 e. The van der Waals surface area contributed by atoms with Gasteiger partial charge in [-0.1, -0.05) is 32.8 Å². The molecule has 0 saturated carbocycles. The van der Waals surface area contributed by atoms with Crippen LogP contribution in [0, 0.1) is 19.8 Å². The molecule has 0 N–H and O–H groups in total. The molecule has 20 heavy (non-hydrogen) atoms. The second-order valence-corrected chi connectivity index (χ2v) is 6.59. The number of aromatic nitrogens is 1. The number of fused-ring (bicyclic) bond motifs is 1. The van der Waals surface area contributed by atoms with Crippen LogP contribution < -0.4 is 4.57 Å². The highest BCUT2D eigenvalue weighted by Gasteiger charge is 2.29. The third kappa shape index (κ3) is 3.13. The Morgan fingerprint density at radius 3 is 2.80 bits per heavy atom. The summed E-state index contributed by atoms with van der Waals surface area (Å²) in [5.74, 6) is 0.802. The first kappa shape index (κ1) is 15.3. The van der Waals surface area contributed by atoms with Gasteiger partial charge in [0.25, 0.3) is 0 Å². The van der Waals surface area contributed by atoms with Gasteiger partial charge in [-0.3, -0.25) is 0 Å². The molecule has 2 rings (SSSR count). The number of hydrogen-bond acceptors (Lipinski definition) is 0. The largest absolute Gasteiger partial charge is 0.210 e. The van der Waals surface area contributed by atoms with E-state index in [-0.39, 0.29) is 0 Å². The molecule has 1 aromatic rings. The predicted octanol–water partition coefficient (Wildman–Crippen LogP) is 4.77. The molecule has 1 aromatic heterocycles. The Bertz CT molecular complexity index is 511. The van der Waals surface area contributed by atoms with Gasteiger partial charge < -0.3 is 0 Å². The van der Waals surface area contributed by atoms with Crippen molar-refractivity contribution in [3.8, 4) is 0 Å². The normalized spacial score (nSPS) is 19.1. The van der Waals surface area contributed by atoms with Crippen LogP contribution in [-0.2, 0) is 13.0 Å². The van der Waals surface area contributed by atoms with Crippen LogP contribution in [0.15, 0.2) is 12.1 Å². The predicted molar refractivity (Wildman–Crippen MR) is 86.8 cm³/mol. The molecule has 0 aromatic carbocycles. The highest BCUT2D eigenvalue weighted by molar-refractivity contribution is 5.61. The number of pyridine rings is 1. The van der Waals surface area contributed by atoms with Crippen LogP contribution in [0.1, 0.15) is 69.0 Å². The van der Waals surface area contributed by atoms with Crippen LogP contribution in [0.5, 0.6) is 0 Å². The fraction of sp³-hybridized carbons (Fsp3) is 0.632. The Morgan fingerprint density at radius 1 is 1.35 bits per heavy atom. The molecule has 0 radical (unpaired) electrons. The van der Waals surface area contributed by atoms with E-state index < -0.39 is 0 Å². The van der Waals surface area contributed by atoms with Crippen molar-refractivity contribution in [2.75, 3.05) is 0 Å². The summed E-state index contributed by atoms with van der Waals surface area (Å²) < 4.78 is 2.61. The van der Waals surface area contributed by atoms with Crippen LogP contribution in [-0.4, -0.2) is 0 Å². The molecule has 1 atom stereocenters. The van der Waals surface area contributed by atoms with Gasteiger partial charge in [-0.05, 0) is 39.7 Å². The average Bonchev–Trinajstić information content (AvgIpc) is 2.38. The van der Waals surface area contributed by atoms with Gasteiger partial charge in [-0.2, -0.15) is 4.57 Å². The zero-order valence-electron chi connectivity index (χ0n) is 13.9. The fourth-order valence-electron chi connectivity index (χ4n) is 3.50. The van der Waals surface area contributed by atoms with E-state index in [4.69, 9.17) is 0 Å². The van der Waals surface area contributed by atoms with Crippen LogP contribution in [0.3, 0.4) is 0 Å². The molecule has 1 aliphatic rings. The number of aryl methyl sites for hydroxylation is 2. The summed E-state index contributed by atoms with van der Waals surface area (Å²) in [6.07, 6.45) is 8.79. The van der Waals surface area contributed by atoms with Gasteiger partial charge in [0.2, 0.25) is 5.69 Å². The molecule has 2 heterocycles. The average molecular weight is 272 g/mol. The van der Waals surface area contributed by atoms with Gasteiger partial charge in [-0.15, -0.1) is 0 Å². The summed E-state index contributed by atoms with van der Waals surface area (Å²) in [6, 6.07) is 2.38. The van der Waals surface area contributed by atoms with E-state index in [1.165, 1.54) is 61.0 Å². The van der Waals surface area contributed by atoms with Crippen molar-refractivity contribution in [2.45, 2.75) is 73.3 Å². The number of rotatable bonds is 4. The Morgan fingerprint density at radius 2 is 2.10 bits per heavy atom. The van der Waals surface area contributed by atoms with Crippen LogP contribution in [0.25, 0.3) is 5.57 Å². The van der Waals surface area contributed by atoms with E-state index in [0.717, 1.165) is 5.92 Å². The molecule has 1 aliphatic heterocycles. The second-order valence-electron chi connectivity index (χ2n) is 6.59. The fourth-order valence-corrected chi connectivity index (χ4v) is 3.50.